The number of tetrazole rings is 1. The maximum absolute atomic E-state index is 5.99. The Bertz CT molecular complexity index is 561. The molecular formula is C12H15N5S. The van der Waals surface area contributed by atoms with Crippen molar-refractivity contribution >= 4 is 17.4 Å². The van der Waals surface area contributed by atoms with E-state index in [9.17, 15) is 0 Å². The molecule has 94 valence electrons. The van der Waals surface area contributed by atoms with Crippen LogP contribution < -0.4 is 5.73 Å². The maximum Gasteiger partial charge on any atom is 0.161 e. The van der Waals surface area contributed by atoms with Crippen molar-refractivity contribution in [2.24, 2.45) is 0 Å². The highest BCUT2D eigenvalue weighted by Crippen LogP contribution is 2.36. The van der Waals surface area contributed by atoms with Gasteiger partial charge >= 0.3 is 0 Å². The van der Waals surface area contributed by atoms with Gasteiger partial charge in [0.15, 0.2) is 5.82 Å². The summed E-state index contributed by atoms with van der Waals surface area (Å²) in [4.78, 5) is 1.09. The number of benzene rings is 1. The van der Waals surface area contributed by atoms with Gasteiger partial charge in [-0.1, -0.05) is 6.07 Å². The second-order valence-corrected chi connectivity index (χ2v) is 5.62. The summed E-state index contributed by atoms with van der Waals surface area (Å²) in [5.41, 5.74) is 8.00. The number of aromatic nitrogens is 4. The van der Waals surface area contributed by atoms with E-state index >= 15 is 0 Å². The molecule has 2 N–H and O–H groups in total. The molecule has 5 nitrogen and oxygen atoms in total. The van der Waals surface area contributed by atoms with Crippen LogP contribution in [0.3, 0.4) is 0 Å². The van der Waals surface area contributed by atoms with E-state index < -0.39 is 0 Å². The van der Waals surface area contributed by atoms with Gasteiger partial charge in [-0.25, -0.2) is 4.68 Å². The Kier molecular flexibility index (Phi) is 2.95. The van der Waals surface area contributed by atoms with Crippen LogP contribution in [0.5, 0.6) is 0 Å². The summed E-state index contributed by atoms with van der Waals surface area (Å²) in [5.74, 6) is 1.69. The quantitative estimate of drug-likeness (QED) is 0.675. The van der Waals surface area contributed by atoms with E-state index in [1.54, 1.807) is 11.8 Å². The minimum absolute atomic E-state index is 0.519. The molecule has 18 heavy (non-hydrogen) atoms. The monoisotopic (exact) mass is 261 g/mol. The number of nitrogens with zero attached hydrogens (tertiary/aromatic N) is 4. The highest BCUT2D eigenvalue weighted by atomic mass is 32.2. The van der Waals surface area contributed by atoms with Crippen LogP contribution in [0.4, 0.5) is 5.69 Å². The molecule has 1 fully saturated rings. The predicted octanol–water partition coefficient (Wildman–Crippen LogP) is 2.19. The van der Waals surface area contributed by atoms with E-state index in [1.165, 1.54) is 18.4 Å². The van der Waals surface area contributed by atoms with Gasteiger partial charge < -0.3 is 5.73 Å². The second-order valence-electron chi connectivity index (χ2n) is 4.60. The van der Waals surface area contributed by atoms with Crippen LogP contribution in [0.15, 0.2) is 23.1 Å². The summed E-state index contributed by atoms with van der Waals surface area (Å²) >= 11 is 1.68. The van der Waals surface area contributed by atoms with Gasteiger partial charge in [-0.2, -0.15) is 0 Å². The number of rotatable bonds is 4. The SMILES string of the molecule is Cc1ccc(SCc2nnnn2C2CC2)c(N)c1. The van der Waals surface area contributed by atoms with Gasteiger partial charge in [0.25, 0.3) is 0 Å². The molecule has 3 rings (SSSR count). The highest BCUT2D eigenvalue weighted by molar-refractivity contribution is 7.98. The van der Waals surface area contributed by atoms with Crippen LogP contribution in [0.25, 0.3) is 0 Å². The molecule has 0 saturated heterocycles. The van der Waals surface area contributed by atoms with Crippen molar-refractivity contribution in [3.63, 3.8) is 0 Å². The minimum Gasteiger partial charge on any atom is -0.398 e. The van der Waals surface area contributed by atoms with E-state index in [2.05, 4.69) is 27.7 Å². The number of anilines is 1. The maximum atomic E-state index is 5.99. The molecule has 6 heteroatoms. The lowest BCUT2D eigenvalue weighted by Crippen LogP contribution is -2.02. The summed E-state index contributed by atoms with van der Waals surface area (Å²) in [5, 5.41) is 11.9. The number of nitrogen functional groups attached to an aromatic ring is 1. The molecule has 0 aliphatic heterocycles. The topological polar surface area (TPSA) is 69.6 Å². The van der Waals surface area contributed by atoms with Crippen molar-refractivity contribution in [1.29, 1.82) is 0 Å². The Morgan fingerprint density at radius 1 is 1.44 bits per heavy atom. The summed E-state index contributed by atoms with van der Waals surface area (Å²) < 4.78 is 1.94. The number of hydrogen-bond donors (Lipinski definition) is 1. The summed E-state index contributed by atoms with van der Waals surface area (Å²) in [6.45, 7) is 2.04. The van der Waals surface area contributed by atoms with E-state index in [0.29, 0.717) is 6.04 Å². The molecule has 1 saturated carbocycles. The largest absolute Gasteiger partial charge is 0.398 e. The summed E-state index contributed by atoms with van der Waals surface area (Å²) in [6.07, 6.45) is 2.38. The number of nitrogens with two attached hydrogens (primary N) is 1. The van der Waals surface area contributed by atoms with Crippen molar-refractivity contribution in [3.8, 4) is 0 Å². The highest BCUT2D eigenvalue weighted by Gasteiger charge is 2.27. The van der Waals surface area contributed by atoms with Gasteiger partial charge in [0.1, 0.15) is 0 Å². The first-order chi connectivity index (χ1) is 8.74. The first-order valence-corrected chi connectivity index (χ1v) is 6.98. The van der Waals surface area contributed by atoms with Crippen molar-refractivity contribution < 1.29 is 0 Å². The standard InChI is InChI=1S/C12H15N5S/c1-8-2-5-11(10(13)6-8)18-7-12-14-15-16-17(12)9-3-4-9/h2,5-6,9H,3-4,7,13H2,1H3. The van der Waals surface area contributed by atoms with Gasteiger partial charge in [0, 0.05) is 10.6 Å². The van der Waals surface area contributed by atoms with Gasteiger partial charge in [-0.3, -0.25) is 0 Å². The normalized spacial score (nSPS) is 14.9. The van der Waals surface area contributed by atoms with Crippen molar-refractivity contribution in [3.05, 3.63) is 29.6 Å². The summed E-state index contributed by atoms with van der Waals surface area (Å²) in [7, 11) is 0. The first kappa shape index (κ1) is 11.5. The number of thioether (sulfide) groups is 1. The van der Waals surface area contributed by atoms with Gasteiger partial charge in [-0.15, -0.1) is 16.9 Å². The van der Waals surface area contributed by atoms with Crippen molar-refractivity contribution in [2.45, 2.75) is 36.5 Å². The molecule has 0 unspecified atom stereocenters. The Balaban J connectivity index is 1.71. The molecule has 1 aliphatic rings. The Morgan fingerprint density at radius 2 is 2.28 bits per heavy atom. The lowest BCUT2D eigenvalue weighted by molar-refractivity contribution is 0.593. The third-order valence-corrected chi connectivity index (χ3v) is 4.06. The molecule has 1 aromatic heterocycles. The molecular weight excluding hydrogens is 246 g/mol. The summed E-state index contributed by atoms with van der Waals surface area (Å²) in [6, 6.07) is 6.64. The molecule has 1 heterocycles. The molecule has 0 spiro atoms. The lowest BCUT2D eigenvalue weighted by Gasteiger charge is -2.06. The smallest absolute Gasteiger partial charge is 0.161 e. The van der Waals surface area contributed by atoms with Crippen LogP contribution in [0.2, 0.25) is 0 Å². The van der Waals surface area contributed by atoms with E-state index in [4.69, 9.17) is 5.73 Å². The molecule has 1 aliphatic carbocycles. The predicted molar refractivity (Wildman–Crippen MR) is 71.2 cm³/mol. The van der Waals surface area contributed by atoms with E-state index in [1.807, 2.05) is 17.7 Å². The molecule has 1 aromatic carbocycles. The van der Waals surface area contributed by atoms with Crippen LogP contribution >= 0.6 is 11.8 Å². The van der Waals surface area contributed by atoms with Gasteiger partial charge in [0.2, 0.25) is 0 Å². The Labute approximate surface area is 110 Å². The zero-order valence-corrected chi connectivity index (χ0v) is 11.0. The molecule has 0 atom stereocenters. The first-order valence-electron chi connectivity index (χ1n) is 5.99. The Hall–Kier alpha value is -1.56. The van der Waals surface area contributed by atoms with Crippen LogP contribution in [0.1, 0.15) is 30.3 Å². The third-order valence-electron chi connectivity index (χ3n) is 2.98. The van der Waals surface area contributed by atoms with E-state index in [0.717, 1.165) is 22.2 Å². The third kappa shape index (κ3) is 2.33. The fourth-order valence-electron chi connectivity index (χ4n) is 1.85. The fraction of sp³-hybridized carbons (Fsp3) is 0.417. The molecule has 0 bridgehead atoms. The van der Waals surface area contributed by atoms with Crippen molar-refractivity contribution in [1.82, 2.24) is 20.2 Å². The minimum atomic E-state index is 0.519. The van der Waals surface area contributed by atoms with Gasteiger partial charge in [0.05, 0.1) is 11.8 Å². The van der Waals surface area contributed by atoms with Crippen LogP contribution in [-0.2, 0) is 5.75 Å². The van der Waals surface area contributed by atoms with Gasteiger partial charge in [-0.05, 0) is 47.9 Å². The lowest BCUT2D eigenvalue weighted by atomic mass is 10.2. The average Bonchev–Trinajstić information content (AvgIpc) is 3.08. The van der Waals surface area contributed by atoms with Crippen LogP contribution in [0, 0.1) is 6.92 Å². The fourth-order valence-corrected chi connectivity index (χ4v) is 2.72. The zero-order chi connectivity index (χ0) is 12.5. The number of hydrogen-bond acceptors (Lipinski definition) is 5. The number of aryl methyl sites for hydroxylation is 1. The zero-order valence-electron chi connectivity index (χ0n) is 10.2. The Morgan fingerprint density at radius 3 is 3.00 bits per heavy atom. The average molecular weight is 261 g/mol. The molecule has 2 aromatic rings. The second kappa shape index (κ2) is 4.61. The molecule has 0 radical (unpaired) electrons. The van der Waals surface area contributed by atoms with Crippen molar-refractivity contribution in [2.75, 3.05) is 5.73 Å². The molecule has 0 amide bonds. The van der Waals surface area contributed by atoms with Crippen LogP contribution in [-0.4, -0.2) is 20.2 Å². The van der Waals surface area contributed by atoms with E-state index in [-0.39, 0.29) is 0 Å².